The molecule has 1 heterocycles. The summed E-state index contributed by atoms with van der Waals surface area (Å²) < 4.78 is 24.0. The number of hydrogen-bond donors (Lipinski definition) is 1. The minimum atomic E-state index is -3.56. The third kappa shape index (κ3) is 2.74. The lowest BCUT2D eigenvalue weighted by Crippen LogP contribution is -2.22. The molecule has 1 aromatic heterocycles. The molecule has 0 bridgehead atoms. The minimum Gasteiger partial charge on any atom is -0.290 e. The van der Waals surface area contributed by atoms with Crippen LogP contribution in [0.3, 0.4) is 0 Å². The second-order valence-electron chi connectivity index (χ2n) is 1.98. The molecular weight excluding hydrogens is 346 g/mol. The molecule has 0 aliphatic rings. The summed E-state index contributed by atoms with van der Waals surface area (Å²) in [5.74, 6) is 0. The van der Waals surface area contributed by atoms with Gasteiger partial charge >= 0.3 is 0 Å². The van der Waals surface area contributed by atoms with E-state index < -0.39 is 10.0 Å². The van der Waals surface area contributed by atoms with Crippen molar-refractivity contribution in [3.8, 4) is 0 Å². The monoisotopic (exact) mass is 349 g/mol. The Morgan fingerprint density at radius 1 is 1.54 bits per heavy atom. The highest BCUT2D eigenvalue weighted by molar-refractivity contribution is 9.12. The van der Waals surface area contributed by atoms with Crippen molar-refractivity contribution in [2.45, 2.75) is 4.90 Å². The van der Waals surface area contributed by atoms with Gasteiger partial charge in [-0.1, -0.05) is 4.89 Å². The van der Waals surface area contributed by atoms with Gasteiger partial charge in [-0.2, -0.15) is 0 Å². The molecule has 8 heteroatoms. The Morgan fingerprint density at radius 2 is 2.15 bits per heavy atom. The van der Waals surface area contributed by atoms with Gasteiger partial charge < -0.3 is 0 Å². The molecule has 13 heavy (non-hydrogen) atoms. The Labute approximate surface area is 96.6 Å². The maximum Gasteiger partial charge on any atom is 0.264 e. The molecular formula is C5H5Br2NO3S2. The van der Waals surface area contributed by atoms with E-state index in [2.05, 4.69) is 36.7 Å². The maximum atomic E-state index is 11.4. The van der Waals surface area contributed by atoms with Crippen LogP contribution in [0.15, 0.2) is 18.5 Å². The van der Waals surface area contributed by atoms with E-state index >= 15 is 0 Å². The van der Waals surface area contributed by atoms with Crippen LogP contribution in [0.5, 0.6) is 0 Å². The highest BCUT2D eigenvalue weighted by Crippen LogP contribution is 2.34. The molecule has 0 saturated heterocycles. The molecule has 0 fully saturated rings. The molecule has 0 radical (unpaired) electrons. The first-order chi connectivity index (χ1) is 5.97. The quantitative estimate of drug-likeness (QED) is 0.849. The van der Waals surface area contributed by atoms with Crippen molar-refractivity contribution < 1.29 is 13.3 Å². The van der Waals surface area contributed by atoms with Gasteiger partial charge in [0.1, 0.15) is 4.90 Å². The predicted molar refractivity (Wildman–Crippen MR) is 57.0 cm³/mol. The lowest BCUT2D eigenvalue weighted by molar-refractivity contribution is 0.153. The molecule has 74 valence electrons. The van der Waals surface area contributed by atoms with E-state index in [1.807, 2.05) is 4.89 Å². The van der Waals surface area contributed by atoms with Gasteiger partial charge in [-0.25, -0.2) is 8.42 Å². The summed E-state index contributed by atoms with van der Waals surface area (Å²) in [6, 6.07) is 1.50. The fraction of sp³-hybridized carbons (Fsp3) is 0.200. The Bertz CT molecular complexity index is 400. The first kappa shape index (κ1) is 11.6. The molecule has 0 amide bonds. The number of hydrogen-bond acceptors (Lipinski definition) is 4. The van der Waals surface area contributed by atoms with E-state index in [0.717, 1.165) is 3.79 Å². The first-order valence-corrected chi connectivity index (χ1v) is 6.85. The number of rotatable bonds is 3. The van der Waals surface area contributed by atoms with E-state index in [-0.39, 0.29) is 4.90 Å². The molecule has 1 rings (SSSR count). The zero-order valence-electron chi connectivity index (χ0n) is 6.37. The summed E-state index contributed by atoms with van der Waals surface area (Å²) >= 11 is 7.60. The molecule has 4 nitrogen and oxygen atoms in total. The zero-order valence-corrected chi connectivity index (χ0v) is 11.2. The van der Waals surface area contributed by atoms with Gasteiger partial charge in [0.25, 0.3) is 10.0 Å². The van der Waals surface area contributed by atoms with E-state index in [1.165, 1.54) is 24.5 Å². The lowest BCUT2D eigenvalue weighted by Gasteiger charge is -2.01. The fourth-order valence-corrected chi connectivity index (χ4v) is 5.29. The van der Waals surface area contributed by atoms with E-state index in [0.29, 0.717) is 3.79 Å². The molecule has 0 aromatic carbocycles. The Kier molecular flexibility index (Phi) is 3.90. The Hall–Kier alpha value is 0.530. The molecule has 0 spiro atoms. The van der Waals surface area contributed by atoms with Crippen LogP contribution in [-0.4, -0.2) is 15.5 Å². The SMILES string of the molecule is CONS(=O)(=O)c1cc(Br)sc1Br. The highest BCUT2D eigenvalue weighted by atomic mass is 79.9. The molecule has 0 aliphatic carbocycles. The van der Waals surface area contributed by atoms with E-state index in [1.54, 1.807) is 0 Å². The van der Waals surface area contributed by atoms with Crippen LogP contribution < -0.4 is 4.89 Å². The van der Waals surface area contributed by atoms with Gasteiger partial charge in [0.15, 0.2) is 0 Å². The summed E-state index contributed by atoms with van der Waals surface area (Å²) in [6.45, 7) is 0. The standard InChI is InChI=1S/C5H5Br2NO3S2/c1-11-8-13(9,10)3-2-4(6)12-5(3)7/h2,8H,1H3. The number of nitrogens with one attached hydrogen (secondary N) is 1. The second-order valence-corrected chi connectivity index (χ2v) is 7.34. The van der Waals surface area contributed by atoms with Crippen LogP contribution in [0.4, 0.5) is 0 Å². The second kappa shape index (κ2) is 4.37. The van der Waals surface area contributed by atoms with Gasteiger partial charge in [0.2, 0.25) is 0 Å². The van der Waals surface area contributed by atoms with Crippen LogP contribution in [0.2, 0.25) is 0 Å². The molecule has 0 saturated carbocycles. The van der Waals surface area contributed by atoms with E-state index in [4.69, 9.17) is 0 Å². The van der Waals surface area contributed by atoms with E-state index in [9.17, 15) is 8.42 Å². The summed E-state index contributed by atoms with van der Waals surface area (Å²) in [7, 11) is -2.32. The van der Waals surface area contributed by atoms with Gasteiger partial charge in [0.05, 0.1) is 14.7 Å². The van der Waals surface area contributed by atoms with Crippen molar-refractivity contribution in [1.82, 2.24) is 4.89 Å². The zero-order chi connectivity index (χ0) is 10.1. The largest absolute Gasteiger partial charge is 0.290 e. The van der Waals surface area contributed by atoms with Crippen molar-refractivity contribution in [3.63, 3.8) is 0 Å². The molecule has 0 atom stereocenters. The van der Waals surface area contributed by atoms with Gasteiger partial charge in [-0.15, -0.1) is 11.3 Å². The lowest BCUT2D eigenvalue weighted by atomic mass is 10.7. The summed E-state index contributed by atoms with van der Waals surface area (Å²) in [5, 5.41) is 0. The topological polar surface area (TPSA) is 55.4 Å². The molecule has 1 aromatic rings. The average Bonchev–Trinajstić information content (AvgIpc) is 2.30. The fourth-order valence-electron chi connectivity index (χ4n) is 0.663. The average molecular weight is 351 g/mol. The third-order valence-corrected chi connectivity index (χ3v) is 5.13. The number of thiophene rings is 1. The van der Waals surface area contributed by atoms with Crippen LogP contribution >= 0.6 is 43.2 Å². The minimum absolute atomic E-state index is 0.159. The number of sulfonamides is 1. The Morgan fingerprint density at radius 3 is 2.54 bits per heavy atom. The van der Waals surface area contributed by atoms with Crippen LogP contribution in [0, 0.1) is 0 Å². The Balaban J connectivity index is 3.14. The molecule has 0 aliphatic heterocycles. The van der Waals surface area contributed by atoms with Crippen molar-refractivity contribution in [2.75, 3.05) is 7.11 Å². The van der Waals surface area contributed by atoms with Crippen molar-refractivity contribution >= 4 is 53.2 Å². The van der Waals surface area contributed by atoms with Crippen LogP contribution in [0.1, 0.15) is 0 Å². The van der Waals surface area contributed by atoms with Crippen molar-refractivity contribution in [2.24, 2.45) is 0 Å². The van der Waals surface area contributed by atoms with Crippen LogP contribution in [0.25, 0.3) is 0 Å². The smallest absolute Gasteiger partial charge is 0.264 e. The molecule has 0 unspecified atom stereocenters. The first-order valence-electron chi connectivity index (χ1n) is 2.97. The van der Waals surface area contributed by atoms with Gasteiger partial charge in [0, 0.05) is 0 Å². The van der Waals surface area contributed by atoms with Gasteiger partial charge in [-0.05, 0) is 37.9 Å². The predicted octanol–water partition coefficient (Wildman–Crippen LogP) is 2.11. The summed E-state index contributed by atoms with van der Waals surface area (Å²) in [4.78, 5) is 6.43. The van der Waals surface area contributed by atoms with Gasteiger partial charge in [-0.3, -0.25) is 4.84 Å². The van der Waals surface area contributed by atoms with Crippen molar-refractivity contribution in [3.05, 3.63) is 13.6 Å². The summed E-state index contributed by atoms with van der Waals surface area (Å²) in [6.07, 6.45) is 0. The number of halogens is 2. The van der Waals surface area contributed by atoms with Crippen LogP contribution in [-0.2, 0) is 14.9 Å². The van der Waals surface area contributed by atoms with Crippen molar-refractivity contribution in [1.29, 1.82) is 0 Å². The summed E-state index contributed by atoms with van der Waals surface area (Å²) in [5.41, 5.74) is 0. The third-order valence-electron chi connectivity index (χ3n) is 1.11. The highest BCUT2D eigenvalue weighted by Gasteiger charge is 2.19. The maximum absolute atomic E-state index is 11.4. The normalized spacial score (nSPS) is 11.9. The molecule has 1 N–H and O–H groups in total.